The van der Waals surface area contributed by atoms with Gasteiger partial charge in [-0.05, 0) is 12.1 Å². The molecule has 1 N–H and O–H groups in total. The highest BCUT2D eigenvalue weighted by atomic mass is 16.5. The van der Waals surface area contributed by atoms with E-state index in [0.717, 1.165) is 4.57 Å². The third-order valence-electron chi connectivity index (χ3n) is 3.39. The van der Waals surface area contributed by atoms with Gasteiger partial charge in [0.2, 0.25) is 5.91 Å². The van der Waals surface area contributed by atoms with Gasteiger partial charge in [-0.3, -0.25) is 4.79 Å². The number of ether oxygens (including phenoxy) is 2. The molecule has 120 valence electrons. The third-order valence-corrected chi connectivity index (χ3v) is 3.39. The Morgan fingerprint density at radius 2 is 2.09 bits per heavy atom. The van der Waals surface area contributed by atoms with Crippen LogP contribution in [0.4, 0.5) is 0 Å². The number of carbonyl (C=O) groups is 1. The summed E-state index contributed by atoms with van der Waals surface area (Å²) in [5.41, 5.74) is 0.718. The summed E-state index contributed by atoms with van der Waals surface area (Å²) in [5.74, 6) is -2.09. The van der Waals surface area contributed by atoms with Gasteiger partial charge in [0.25, 0.3) is 0 Å². The highest BCUT2D eigenvalue weighted by Gasteiger charge is 2.27. The zero-order valence-electron chi connectivity index (χ0n) is 12.5. The quantitative estimate of drug-likeness (QED) is 0.764. The third kappa shape index (κ3) is 3.44. The Hall–Kier alpha value is -1.96. The van der Waals surface area contributed by atoms with Gasteiger partial charge in [-0.25, -0.2) is 9.36 Å². The van der Waals surface area contributed by atoms with Gasteiger partial charge in [-0.1, -0.05) is 19.1 Å². The van der Waals surface area contributed by atoms with E-state index in [2.05, 4.69) is 0 Å². The molecule has 1 heterocycles. The van der Waals surface area contributed by atoms with Crippen LogP contribution in [0.3, 0.4) is 0 Å². The molecule has 22 heavy (non-hydrogen) atoms. The first-order chi connectivity index (χ1) is 10.6. The summed E-state index contributed by atoms with van der Waals surface area (Å²) in [6.45, 7) is 2.26. The van der Waals surface area contributed by atoms with Crippen molar-refractivity contribution in [2.24, 2.45) is 5.92 Å². The molecule has 7 heteroatoms. The molecule has 0 aliphatic rings. The zero-order chi connectivity index (χ0) is 16.1. The van der Waals surface area contributed by atoms with Gasteiger partial charge in [-0.15, -0.1) is 0 Å². The van der Waals surface area contributed by atoms with Gasteiger partial charge in [-0.2, -0.15) is 0 Å². The molecule has 0 fully saturated rings. The van der Waals surface area contributed by atoms with Crippen LogP contribution in [0.25, 0.3) is 11.1 Å². The molecule has 1 aromatic carbocycles. The van der Waals surface area contributed by atoms with Crippen molar-refractivity contribution in [2.75, 3.05) is 26.9 Å². The van der Waals surface area contributed by atoms with Crippen LogP contribution in [-0.4, -0.2) is 48.6 Å². The van der Waals surface area contributed by atoms with Crippen LogP contribution in [0, 0.1) is 5.92 Å². The van der Waals surface area contributed by atoms with Crippen molar-refractivity contribution in [1.29, 1.82) is 0 Å². The average molecular weight is 309 g/mol. The monoisotopic (exact) mass is 309 g/mol. The average Bonchev–Trinajstić information content (AvgIpc) is 2.85. The molecule has 0 amide bonds. The first-order valence-corrected chi connectivity index (χ1v) is 6.95. The number of benzene rings is 1. The first kappa shape index (κ1) is 16.4. The molecular weight excluding hydrogens is 290 g/mol. The number of fused-ring (bicyclic) bond motifs is 1. The van der Waals surface area contributed by atoms with E-state index in [-0.39, 0.29) is 6.61 Å². The van der Waals surface area contributed by atoms with Gasteiger partial charge in [0.1, 0.15) is 0 Å². The van der Waals surface area contributed by atoms with Crippen LogP contribution in [0.15, 0.2) is 33.5 Å². The van der Waals surface area contributed by atoms with E-state index >= 15 is 0 Å². The fourth-order valence-electron chi connectivity index (χ4n) is 2.03. The van der Waals surface area contributed by atoms with Crippen molar-refractivity contribution in [3.05, 3.63) is 34.8 Å². The number of aliphatic hydroxyl groups is 1. The van der Waals surface area contributed by atoms with Gasteiger partial charge in [0, 0.05) is 7.11 Å². The number of para-hydroxylation sites is 2. The number of hydrogen-bond acceptors (Lipinski definition) is 6. The maximum Gasteiger partial charge on any atom is 0.426 e. The lowest BCUT2D eigenvalue weighted by atomic mass is 10.0. The molecule has 2 aromatic rings. The van der Waals surface area contributed by atoms with Crippen LogP contribution < -0.4 is 5.76 Å². The van der Waals surface area contributed by atoms with Crippen LogP contribution >= 0.6 is 0 Å². The topological polar surface area (TPSA) is 90.9 Å². The molecule has 1 aromatic heterocycles. The summed E-state index contributed by atoms with van der Waals surface area (Å²) < 4.78 is 16.0. The molecule has 0 aliphatic heterocycles. The highest BCUT2D eigenvalue weighted by Crippen LogP contribution is 2.15. The number of nitrogens with zero attached hydrogens (tertiary/aromatic N) is 1. The Balaban J connectivity index is 2.12. The maximum atomic E-state index is 12.4. The van der Waals surface area contributed by atoms with Crippen molar-refractivity contribution in [1.82, 2.24) is 4.57 Å². The number of methoxy groups -OCH3 is 1. The standard InChI is InChI=1S/C15H19NO6/c1-10(12(17)9-21-8-7-20-2)14(18)16-11-5-3-4-6-13(11)22-15(16)19/h3-6,10,12,17H,7-9H2,1-2H3. The fraction of sp³-hybridized carbons (Fsp3) is 0.467. The van der Waals surface area contributed by atoms with Gasteiger partial charge in [0.05, 0.1) is 37.4 Å². The van der Waals surface area contributed by atoms with Gasteiger partial charge in [0.15, 0.2) is 5.58 Å². The molecule has 7 nitrogen and oxygen atoms in total. The van der Waals surface area contributed by atoms with Crippen molar-refractivity contribution in [2.45, 2.75) is 13.0 Å². The van der Waals surface area contributed by atoms with Gasteiger partial charge >= 0.3 is 5.76 Å². The van der Waals surface area contributed by atoms with Crippen LogP contribution in [-0.2, 0) is 9.47 Å². The summed E-state index contributed by atoms with van der Waals surface area (Å²) in [7, 11) is 1.54. The molecule has 0 radical (unpaired) electrons. The largest absolute Gasteiger partial charge is 0.426 e. The number of aliphatic hydroxyl groups excluding tert-OH is 1. The van der Waals surface area contributed by atoms with Crippen LogP contribution in [0.1, 0.15) is 11.7 Å². The SMILES string of the molecule is COCCOCC(O)C(C)C(=O)n1c(=O)oc2ccccc21. The van der Waals surface area contributed by atoms with Crippen LogP contribution in [0.5, 0.6) is 0 Å². The summed E-state index contributed by atoms with van der Waals surface area (Å²) in [6, 6.07) is 6.64. The number of hydrogen-bond donors (Lipinski definition) is 1. The minimum atomic E-state index is -1.02. The molecule has 0 spiro atoms. The molecule has 0 bridgehead atoms. The van der Waals surface area contributed by atoms with E-state index in [1.165, 1.54) is 0 Å². The van der Waals surface area contributed by atoms with E-state index in [9.17, 15) is 14.7 Å². The lowest BCUT2D eigenvalue weighted by Gasteiger charge is -2.17. The van der Waals surface area contributed by atoms with E-state index in [0.29, 0.717) is 24.3 Å². The van der Waals surface area contributed by atoms with Crippen molar-refractivity contribution < 1.29 is 23.8 Å². The molecule has 0 saturated heterocycles. The molecule has 2 unspecified atom stereocenters. The fourth-order valence-corrected chi connectivity index (χ4v) is 2.03. The van der Waals surface area contributed by atoms with E-state index in [4.69, 9.17) is 13.9 Å². The summed E-state index contributed by atoms with van der Waals surface area (Å²) in [4.78, 5) is 24.3. The second-order valence-electron chi connectivity index (χ2n) is 4.93. The smallest absolute Gasteiger partial charge is 0.407 e. The summed E-state index contributed by atoms with van der Waals surface area (Å²) in [5, 5.41) is 10.0. The molecule has 2 rings (SSSR count). The number of carbonyl (C=O) groups excluding carboxylic acids is 1. The molecular formula is C15H19NO6. The lowest BCUT2D eigenvalue weighted by Crippen LogP contribution is -2.36. The van der Waals surface area contributed by atoms with Crippen molar-refractivity contribution in [3.8, 4) is 0 Å². The second-order valence-corrected chi connectivity index (χ2v) is 4.93. The number of oxazole rings is 1. The van der Waals surface area contributed by atoms with E-state index in [1.54, 1.807) is 38.3 Å². The van der Waals surface area contributed by atoms with Crippen molar-refractivity contribution in [3.63, 3.8) is 0 Å². The Labute approximate surface area is 127 Å². The molecule has 0 saturated carbocycles. The Morgan fingerprint density at radius 1 is 1.36 bits per heavy atom. The molecule has 2 atom stereocenters. The Bertz CT molecular complexity index is 689. The number of aromatic nitrogens is 1. The first-order valence-electron chi connectivity index (χ1n) is 6.95. The maximum absolute atomic E-state index is 12.4. The normalized spacial score (nSPS) is 14.1. The van der Waals surface area contributed by atoms with Crippen molar-refractivity contribution >= 4 is 17.0 Å². The Morgan fingerprint density at radius 3 is 2.82 bits per heavy atom. The minimum absolute atomic E-state index is 0.0131. The molecule has 0 aliphatic carbocycles. The lowest BCUT2D eigenvalue weighted by molar-refractivity contribution is -0.00629. The van der Waals surface area contributed by atoms with E-state index < -0.39 is 23.7 Å². The predicted molar refractivity (Wildman–Crippen MR) is 79.0 cm³/mol. The summed E-state index contributed by atoms with van der Waals surface area (Å²) in [6.07, 6.45) is -1.02. The summed E-state index contributed by atoms with van der Waals surface area (Å²) >= 11 is 0. The number of rotatable bonds is 7. The van der Waals surface area contributed by atoms with Crippen LogP contribution in [0.2, 0.25) is 0 Å². The predicted octanol–water partition coefficient (Wildman–Crippen LogP) is 0.895. The zero-order valence-corrected chi connectivity index (χ0v) is 12.5. The highest BCUT2D eigenvalue weighted by molar-refractivity contribution is 5.90. The van der Waals surface area contributed by atoms with E-state index in [1.807, 2.05) is 0 Å². The second kappa shape index (κ2) is 7.35. The minimum Gasteiger partial charge on any atom is -0.407 e. The Kier molecular flexibility index (Phi) is 5.48. The van der Waals surface area contributed by atoms with Gasteiger partial charge < -0.3 is 19.0 Å².